The molecule has 0 spiro atoms. The zero-order chi connectivity index (χ0) is 13.9. The van der Waals surface area contributed by atoms with Crippen molar-refractivity contribution in [3.8, 4) is 0 Å². The first-order valence-corrected chi connectivity index (χ1v) is 8.31. The van der Waals surface area contributed by atoms with Gasteiger partial charge in [0.2, 0.25) is 5.96 Å². The van der Waals surface area contributed by atoms with E-state index in [4.69, 9.17) is 10.6 Å². The molecule has 0 aliphatic heterocycles. The minimum atomic E-state index is 0.505. The number of thioether (sulfide) groups is 1. The normalized spacial score (nSPS) is 23.6. The summed E-state index contributed by atoms with van der Waals surface area (Å²) in [5, 5.41) is 4.20. The number of nitrogens with two attached hydrogens (primary N) is 1. The third kappa shape index (κ3) is 7.03. The van der Waals surface area contributed by atoms with E-state index in [1.807, 2.05) is 6.92 Å². The summed E-state index contributed by atoms with van der Waals surface area (Å²) in [4.78, 5) is 4.43. The number of nitrogens with one attached hydrogen (secondary N) is 2. The van der Waals surface area contributed by atoms with Gasteiger partial charge in [-0.05, 0) is 38.4 Å². The Morgan fingerprint density at radius 3 is 2.95 bits per heavy atom. The molecule has 1 aliphatic carbocycles. The lowest BCUT2D eigenvalue weighted by Crippen LogP contribution is -2.45. The van der Waals surface area contributed by atoms with E-state index in [2.05, 4.69) is 34.4 Å². The van der Waals surface area contributed by atoms with Crippen molar-refractivity contribution in [3.63, 3.8) is 0 Å². The molecule has 19 heavy (non-hydrogen) atoms. The van der Waals surface area contributed by atoms with Crippen LogP contribution in [0.1, 0.15) is 39.5 Å². The van der Waals surface area contributed by atoms with Crippen LogP contribution in [0.5, 0.6) is 0 Å². The molecule has 6 heteroatoms. The van der Waals surface area contributed by atoms with Gasteiger partial charge in [-0.15, -0.1) is 0 Å². The number of aliphatic imine (C=N–C) groups is 1. The zero-order valence-electron chi connectivity index (χ0n) is 12.2. The smallest absolute Gasteiger partial charge is 0.205 e. The van der Waals surface area contributed by atoms with Gasteiger partial charge in [0.15, 0.2) is 0 Å². The minimum absolute atomic E-state index is 0.505. The van der Waals surface area contributed by atoms with Crippen molar-refractivity contribution in [3.05, 3.63) is 0 Å². The molecule has 0 heterocycles. The van der Waals surface area contributed by atoms with E-state index >= 15 is 0 Å². The molecule has 0 aromatic carbocycles. The molecule has 5 nitrogen and oxygen atoms in total. The molecule has 1 fully saturated rings. The molecule has 2 atom stereocenters. The average Bonchev–Trinajstić information content (AvgIpc) is 2.85. The zero-order valence-corrected chi connectivity index (χ0v) is 13.0. The summed E-state index contributed by atoms with van der Waals surface area (Å²) in [5.74, 6) is 7.42. The second kappa shape index (κ2) is 10.3. The van der Waals surface area contributed by atoms with Crippen LogP contribution in [0.25, 0.3) is 0 Å². The maximum Gasteiger partial charge on any atom is 0.205 e. The Morgan fingerprint density at radius 2 is 2.26 bits per heavy atom. The Hall–Kier alpha value is -0.460. The first kappa shape index (κ1) is 16.6. The maximum absolute atomic E-state index is 5.51. The number of hydrogen-bond acceptors (Lipinski definition) is 4. The van der Waals surface area contributed by atoms with Gasteiger partial charge in [-0.25, -0.2) is 5.84 Å². The molecule has 0 bridgehead atoms. The van der Waals surface area contributed by atoms with Gasteiger partial charge in [-0.2, -0.15) is 11.8 Å². The molecule has 2 unspecified atom stereocenters. The van der Waals surface area contributed by atoms with Crippen LogP contribution in [0, 0.1) is 0 Å². The van der Waals surface area contributed by atoms with Crippen LogP contribution >= 0.6 is 11.8 Å². The summed E-state index contributed by atoms with van der Waals surface area (Å²) in [5.41, 5.74) is 2.66. The van der Waals surface area contributed by atoms with Gasteiger partial charge >= 0.3 is 0 Å². The van der Waals surface area contributed by atoms with Crippen molar-refractivity contribution in [2.45, 2.75) is 50.8 Å². The Morgan fingerprint density at radius 1 is 1.42 bits per heavy atom. The predicted molar refractivity (Wildman–Crippen MR) is 83.4 cm³/mol. The molecule has 1 rings (SSSR count). The number of guanidine groups is 1. The SMILES string of the molecule is CCOCCCN=C(NN)NC1CCC(SCC)C1. The lowest BCUT2D eigenvalue weighted by Gasteiger charge is -2.16. The highest BCUT2D eigenvalue weighted by molar-refractivity contribution is 7.99. The van der Waals surface area contributed by atoms with Crippen molar-refractivity contribution < 1.29 is 4.74 Å². The Balaban J connectivity index is 2.22. The summed E-state index contributed by atoms with van der Waals surface area (Å²) in [6.07, 6.45) is 4.63. The van der Waals surface area contributed by atoms with Gasteiger partial charge < -0.3 is 10.1 Å². The second-order valence-electron chi connectivity index (χ2n) is 4.66. The monoisotopic (exact) mass is 288 g/mol. The van der Waals surface area contributed by atoms with Crippen LogP contribution in [0.2, 0.25) is 0 Å². The van der Waals surface area contributed by atoms with Crippen molar-refractivity contribution in [2.75, 3.05) is 25.5 Å². The molecular weight excluding hydrogens is 260 g/mol. The molecule has 1 saturated carbocycles. The first-order valence-electron chi connectivity index (χ1n) is 7.27. The Kier molecular flexibility index (Phi) is 9.03. The Bertz CT molecular complexity index is 263. The van der Waals surface area contributed by atoms with E-state index < -0.39 is 0 Å². The first-order chi connectivity index (χ1) is 9.30. The quantitative estimate of drug-likeness (QED) is 0.207. The second-order valence-corrected chi connectivity index (χ2v) is 6.23. The fraction of sp³-hybridized carbons (Fsp3) is 0.923. The molecule has 112 valence electrons. The summed E-state index contributed by atoms with van der Waals surface area (Å²) in [7, 11) is 0. The predicted octanol–water partition coefficient (Wildman–Crippen LogP) is 1.50. The van der Waals surface area contributed by atoms with Crippen molar-refractivity contribution in [1.29, 1.82) is 0 Å². The maximum atomic E-state index is 5.51. The molecule has 0 saturated heterocycles. The summed E-state index contributed by atoms with van der Waals surface area (Å²) >= 11 is 2.06. The number of hydrogen-bond donors (Lipinski definition) is 3. The molecule has 0 aromatic heterocycles. The van der Waals surface area contributed by atoms with E-state index in [-0.39, 0.29) is 0 Å². The van der Waals surface area contributed by atoms with Crippen molar-refractivity contribution in [1.82, 2.24) is 10.7 Å². The fourth-order valence-electron chi connectivity index (χ4n) is 2.29. The van der Waals surface area contributed by atoms with Crippen LogP contribution in [0.3, 0.4) is 0 Å². The highest BCUT2D eigenvalue weighted by atomic mass is 32.2. The van der Waals surface area contributed by atoms with Crippen LogP contribution in [-0.4, -0.2) is 42.8 Å². The average molecular weight is 288 g/mol. The van der Waals surface area contributed by atoms with Gasteiger partial charge in [-0.3, -0.25) is 10.4 Å². The number of ether oxygens (including phenoxy) is 1. The van der Waals surface area contributed by atoms with Gasteiger partial charge in [0.1, 0.15) is 0 Å². The number of rotatable bonds is 8. The molecule has 0 radical (unpaired) electrons. The van der Waals surface area contributed by atoms with E-state index in [0.717, 1.165) is 31.4 Å². The standard InChI is InChI=1S/C13H28N4OS/c1-3-18-9-5-8-15-13(17-14)16-11-6-7-12(10-11)19-4-2/h11-12H,3-10,14H2,1-2H3,(H2,15,16,17). The molecule has 4 N–H and O–H groups in total. The molecule has 0 aromatic rings. The highest BCUT2D eigenvalue weighted by Gasteiger charge is 2.24. The molecule has 0 amide bonds. The van der Waals surface area contributed by atoms with E-state index in [9.17, 15) is 0 Å². The van der Waals surface area contributed by atoms with Gasteiger partial charge in [0.25, 0.3) is 0 Å². The van der Waals surface area contributed by atoms with Crippen LogP contribution in [0.15, 0.2) is 4.99 Å². The summed E-state index contributed by atoms with van der Waals surface area (Å²) in [6, 6.07) is 0.505. The lowest BCUT2D eigenvalue weighted by atomic mass is 10.2. The van der Waals surface area contributed by atoms with E-state index in [1.165, 1.54) is 25.0 Å². The Labute approximate surface area is 121 Å². The van der Waals surface area contributed by atoms with E-state index in [0.29, 0.717) is 12.0 Å². The fourth-order valence-corrected chi connectivity index (χ4v) is 3.43. The third-order valence-electron chi connectivity index (χ3n) is 3.19. The summed E-state index contributed by atoms with van der Waals surface area (Å²) in [6.45, 7) is 6.49. The van der Waals surface area contributed by atoms with Crippen molar-refractivity contribution in [2.24, 2.45) is 10.8 Å². The van der Waals surface area contributed by atoms with E-state index in [1.54, 1.807) is 0 Å². The third-order valence-corrected chi connectivity index (χ3v) is 4.42. The van der Waals surface area contributed by atoms with Crippen molar-refractivity contribution >= 4 is 17.7 Å². The number of hydrazine groups is 1. The van der Waals surface area contributed by atoms with Gasteiger partial charge in [0.05, 0.1) is 0 Å². The van der Waals surface area contributed by atoms with Crippen LogP contribution < -0.4 is 16.6 Å². The highest BCUT2D eigenvalue weighted by Crippen LogP contribution is 2.29. The van der Waals surface area contributed by atoms with Gasteiger partial charge in [-0.1, -0.05) is 6.92 Å². The lowest BCUT2D eigenvalue weighted by molar-refractivity contribution is 0.146. The molecular formula is C13H28N4OS. The topological polar surface area (TPSA) is 71.7 Å². The van der Waals surface area contributed by atoms with Crippen LogP contribution in [-0.2, 0) is 4.74 Å². The largest absolute Gasteiger partial charge is 0.382 e. The number of nitrogens with zero attached hydrogens (tertiary/aromatic N) is 1. The van der Waals surface area contributed by atoms with Crippen LogP contribution in [0.4, 0.5) is 0 Å². The summed E-state index contributed by atoms with van der Waals surface area (Å²) < 4.78 is 5.28. The molecule has 1 aliphatic rings. The minimum Gasteiger partial charge on any atom is -0.382 e. The van der Waals surface area contributed by atoms with Gasteiger partial charge in [0, 0.05) is 31.1 Å².